The Balaban J connectivity index is 2.00. The van der Waals surface area contributed by atoms with E-state index < -0.39 is 16.9 Å². The van der Waals surface area contributed by atoms with Gasteiger partial charge in [-0.3, -0.25) is 14.6 Å². The largest absolute Gasteiger partial charge is 0.436 e. The molecule has 0 fully saturated rings. The molecule has 31 heavy (non-hydrogen) atoms. The van der Waals surface area contributed by atoms with Crippen LogP contribution in [0.4, 0.5) is 0 Å². The lowest BCUT2D eigenvalue weighted by Gasteiger charge is -2.17. The summed E-state index contributed by atoms with van der Waals surface area (Å²) in [5.74, 6) is 0.199. The third-order valence-electron chi connectivity index (χ3n) is 3.96. The van der Waals surface area contributed by atoms with Gasteiger partial charge in [-0.15, -0.1) is 10.2 Å². The molecule has 2 aromatic heterocycles. The minimum atomic E-state index is -0.916. The smallest absolute Gasteiger partial charge is 0.349 e. The third-order valence-corrected chi connectivity index (χ3v) is 4.55. The van der Waals surface area contributed by atoms with Gasteiger partial charge in [-0.25, -0.2) is 9.89 Å². The van der Waals surface area contributed by atoms with E-state index in [-0.39, 0.29) is 38.3 Å². The van der Waals surface area contributed by atoms with Gasteiger partial charge in [-0.05, 0) is 17.9 Å². The second-order valence-corrected chi connectivity index (χ2v) is 8.58. The van der Waals surface area contributed by atoms with Gasteiger partial charge in [0.15, 0.2) is 0 Å². The third kappa shape index (κ3) is 5.02. The number of hydrogen-bond acceptors (Lipinski definition) is 7. The van der Waals surface area contributed by atoms with Crippen LogP contribution >= 0.6 is 23.2 Å². The SMILES string of the molecule is CC(C)(C)Cc1cc(Oc2cc(Cl)c(-n3nc(C#N)c(=O)[nH]c3=O)cc2Cl)n[nH]c1=O. The van der Waals surface area contributed by atoms with Gasteiger partial charge in [0.2, 0.25) is 11.6 Å². The number of hydrogen-bond donors (Lipinski definition) is 2. The van der Waals surface area contributed by atoms with Crippen molar-refractivity contribution < 1.29 is 4.74 Å². The van der Waals surface area contributed by atoms with Gasteiger partial charge in [0.05, 0.1) is 15.7 Å². The molecule has 0 radical (unpaired) electrons. The molecule has 3 rings (SSSR count). The standard InChI is InChI=1S/C19H16Cl2N6O4/c1-19(2,3)7-9-4-15(24-25-16(9)28)31-14-6-10(20)13(5-11(14)21)27-18(30)23-17(29)12(8-22)26-27/h4-6H,7H2,1-3H3,(H,25,28)(H,23,29,30). The van der Waals surface area contributed by atoms with E-state index in [4.69, 9.17) is 33.2 Å². The Morgan fingerprint density at radius 2 is 1.84 bits per heavy atom. The number of ether oxygens (including phenoxy) is 1. The Morgan fingerprint density at radius 3 is 2.48 bits per heavy atom. The maximum Gasteiger partial charge on any atom is 0.349 e. The Labute approximate surface area is 185 Å². The Kier molecular flexibility index (Phi) is 6.01. The summed E-state index contributed by atoms with van der Waals surface area (Å²) in [6, 6.07) is 5.70. The van der Waals surface area contributed by atoms with Gasteiger partial charge in [0, 0.05) is 17.7 Å². The number of aromatic nitrogens is 5. The molecule has 0 saturated heterocycles. The molecule has 1 aromatic carbocycles. The van der Waals surface area contributed by atoms with Crippen molar-refractivity contribution in [1.82, 2.24) is 25.0 Å². The molecule has 160 valence electrons. The van der Waals surface area contributed by atoms with Gasteiger partial charge >= 0.3 is 5.69 Å². The predicted molar refractivity (Wildman–Crippen MR) is 113 cm³/mol. The number of H-pyrrole nitrogens is 2. The first-order chi connectivity index (χ1) is 14.5. The fraction of sp³-hybridized carbons (Fsp3) is 0.263. The zero-order valence-electron chi connectivity index (χ0n) is 16.6. The van der Waals surface area contributed by atoms with Crippen molar-refractivity contribution in [2.75, 3.05) is 0 Å². The van der Waals surface area contributed by atoms with Crippen LogP contribution < -0.4 is 21.5 Å². The van der Waals surface area contributed by atoms with E-state index in [2.05, 4.69) is 15.3 Å². The number of rotatable bonds is 4. The van der Waals surface area contributed by atoms with E-state index in [0.717, 1.165) is 4.68 Å². The molecule has 0 atom stereocenters. The number of benzene rings is 1. The van der Waals surface area contributed by atoms with Crippen molar-refractivity contribution in [3.63, 3.8) is 0 Å². The average Bonchev–Trinajstić information content (AvgIpc) is 2.66. The molecule has 2 N–H and O–H groups in total. The van der Waals surface area contributed by atoms with Crippen LogP contribution in [0.25, 0.3) is 5.69 Å². The maximum atomic E-state index is 12.1. The molecular formula is C19H16Cl2N6O4. The van der Waals surface area contributed by atoms with Gasteiger partial charge < -0.3 is 4.74 Å². The van der Waals surface area contributed by atoms with Crippen LogP contribution in [0.3, 0.4) is 0 Å². The predicted octanol–water partition coefficient (Wildman–Crippen LogP) is 2.56. The van der Waals surface area contributed by atoms with Gasteiger partial charge in [-0.2, -0.15) is 9.94 Å². The van der Waals surface area contributed by atoms with Crippen LogP contribution in [0, 0.1) is 16.7 Å². The van der Waals surface area contributed by atoms with Crippen molar-refractivity contribution >= 4 is 23.2 Å². The molecule has 12 heteroatoms. The Bertz CT molecular complexity index is 1380. The lowest BCUT2D eigenvalue weighted by molar-refractivity contribution is 0.404. The summed E-state index contributed by atoms with van der Waals surface area (Å²) in [5, 5.41) is 18.9. The molecular weight excluding hydrogens is 447 g/mol. The molecule has 0 bridgehead atoms. The second kappa shape index (κ2) is 8.37. The molecule has 10 nitrogen and oxygen atoms in total. The lowest BCUT2D eigenvalue weighted by atomic mass is 9.89. The molecule has 0 saturated carbocycles. The summed E-state index contributed by atoms with van der Waals surface area (Å²) in [6.45, 7) is 5.98. The van der Waals surface area contributed by atoms with E-state index in [1.165, 1.54) is 18.2 Å². The maximum absolute atomic E-state index is 12.1. The Morgan fingerprint density at radius 1 is 1.13 bits per heavy atom. The van der Waals surface area contributed by atoms with Gasteiger partial charge in [0.25, 0.3) is 11.1 Å². The number of nitrogens with zero attached hydrogens (tertiary/aromatic N) is 4. The average molecular weight is 463 g/mol. The topological polar surface area (TPSA) is 147 Å². The van der Waals surface area contributed by atoms with Crippen LogP contribution in [0.5, 0.6) is 11.6 Å². The lowest BCUT2D eigenvalue weighted by Crippen LogP contribution is -2.33. The van der Waals surface area contributed by atoms with Crippen LogP contribution in [0.15, 0.2) is 32.6 Å². The highest BCUT2D eigenvalue weighted by Gasteiger charge is 2.18. The second-order valence-electron chi connectivity index (χ2n) is 7.77. The molecule has 0 amide bonds. The first kappa shape index (κ1) is 22.3. The fourth-order valence-corrected chi connectivity index (χ4v) is 3.12. The monoisotopic (exact) mass is 462 g/mol. The summed E-state index contributed by atoms with van der Waals surface area (Å²) in [5.41, 5.74) is -2.27. The minimum absolute atomic E-state index is 0.00396. The number of nitrogens with one attached hydrogen (secondary N) is 2. The van der Waals surface area contributed by atoms with Gasteiger partial charge in [0.1, 0.15) is 11.8 Å². The molecule has 0 spiro atoms. The fourth-order valence-electron chi connectivity index (χ4n) is 2.69. The van der Waals surface area contributed by atoms with Crippen molar-refractivity contribution in [2.45, 2.75) is 27.2 Å². The molecule has 0 aliphatic heterocycles. The molecule has 3 aromatic rings. The first-order valence-corrected chi connectivity index (χ1v) is 9.64. The summed E-state index contributed by atoms with van der Waals surface area (Å²) in [4.78, 5) is 37.6. The number of halogens is 2. The zero-order valence-corrected chi connectivity index (χ0v) is 18.1. The van der Waals surface area contributed by atoms with E-state index in [1.54, 1.807) is 6.07 Å². The molecule has 0 unspecified atom stereocenters. The summed E-state index contributed by atoms with van der Waals surface area (Å²) in [7, 11) is 0. The quantitative estimate of drug-likeness (QED) is 0.605. The number of aromatic amines is 2. The van der Waals surface area contributed by atoms with Crippen molar-refractivity contribution in [3.8, 4) is 23.4 Å². The van der Waals surface area contributed by atoms with Gasteiger partial charge in [-0.1, -0.05) is 44.0 Å². The summed E-state index contributed by atoms with van der Waals surface area (Å²) >= 11 is 12.5. The zero-order chi connectivity index (χ0) is 22.9. The highest BCUT2D eigenvalue weighted by molar-refractivity contribution is 6.35. The number of nitriles is 1. The van der Waals surface area contributed by atoms with E-state index >= 15 is 0 Å². The Hall–Kier alpha value is -3.42. The van der Waals surface area contributed by atoms with E-state index in [9.17, 15) is 14.4 Å². The van der Waals surface area contributed by atoms with Crippen molar-refractivity contribution in [2.24, 2.45) is 5.41 Å². The van der Waals surface area contributed by atoms with E-state index in [0.29, 0.717) is 12.0 Å². The normalized spacial score (nSPS) is 11.2. The van der Waals surface area contributed by atoms with Crippen LogP contribution in [0.1, 0.15) is 32.0 Å². The van der Waals surface area contributed by atoms with Crippen molar-refractivity contribution in [3.05, 3.63) is 70.7 Å². The van der Waals surface area contributed by atoms with Crippen LogP contribution in [0.2, 0.25) is 10.0 Å². The summed E-state index contributed by atoms with van der Waals surface area (Å²) in [6.07, 6.45) is 0.497. The van der Waals surface area contributed by atoms with Crippen LogP contribution in [-0.2, 0) is 6.42 Å². The minimum Gasteiger partial charge on any atom is -0.436 e. The van der Waals surface area contributed by atoms with Crippen LogP contribution in [-0.4, -0.2) is 25.0 Å². The molecule has 2 heterocycles. The molecule has 0 aliphatic rings. The highest BCUT2D eigenvalue weighted by Crippen LogP contribution is 2.35. The van der Waals surface area contributed by atoms with E-state index in [1.807, 2.05) is 25.8 Å². The highest BCUT2D eigenvalue weighted by atomic mass is 35.5. The first-order valence-electron chi connectivity index (χ1n) is 8.88. The van der Waals surface area contributed by atoms with Crippen molar-refractivity contribution in [1.29, 1.82) is 5.26 Å². The molecule has 0 aliphatic carbocycles. The summed E-state index contributed by atoms with van der Waals surface area (Å²) < 4.78 is 6.42.